The third kappa shape index (κ3) is 3.29. The van der Waals surface area contributed by atoms with Gasteiger partial charge in [0.05, 0.1) is 5.69 Å². The number of alkyl halides is 6. The molecule has 0 saturated heterocycles. The second-order valence-electron chi connectivity index (χ2n) is 4.84. The average molecular weight is 346 g/mol. The summed E-state index contributed by atoms with van der Waals surface area (Å²) in [5.41, 5.74) is -0.252. The first-order chi connectivity index (χ1) is 11.1. The Morgan fingerprint density at radius 3 is 2.12 bits per heavy atom. The summed E-state index contributed by atoms with van der Waals surface area (Å²) in [5, 5.41) is 0. The summed E-state index contributed by atoms with van der Waals surface area (Å²) in [5.74, 6) is -0.425. The van der Waals surface area contributed by atoms with E-state index in [0.29, 0.717) is 5.56 Å². The minimum Gasteiger partial charge on any atom is -0.406 e. The Labute approximate surface area is 131 Å². The highest BCUT2D eigenvalue weighted by Crippen LogP contribution is 2.31. The van der Waals surface area contributed by atoms with Gasteiger partial charge in [-0.15, -0.1) is 13.2 Å². The van der Waals surface area contributed by atoms with Crippen LogP contribution in [0.3, 0.4) is 0 Å². The van der Waals surface area contributed by atoms with Gasteiger partial charge in [-0.2, -0.15) is 13.2 Å². The third-order valence-electron chi connectivity index (χ3n) is 3.17. The number of imidazole rings is 1. The van der Waals surface area contributed by atoms with Crippen molar-refractivity contribution >= 4 is 5.65 Å². The van der Waals surface area contributed by atoms with Gasteiger partial charge in [0.2, 0.25) is 0 Å². The molecule has 2 heterocycles. The summed E-state index contributed by atoms with van der Waals surface area (Å²) in [7, 11) is 0. The van der Waals surface area contributed by atoms with Crippen molar-refractivity contribution in [1.82, 2.24) is 9.38 Å². The van der Waals surface area contributed by atoms with Gasteiger partial charge in [0, 0.05) is 11.8 Å². The number of pyridine rings is 1. The van der Waals surface area contributed by atoms with E-state index in [2.05, 4.69) is 9.72 Å². The fourth-order valence-corrected chi connectivity index (χ4v) is 2.21. The molecule has 1 aromatic carbocycles. The molecule has 24 heavy (non-hydrogen) atoms. The summed E-state index contributed by atoms with van der Waals surface area (Å²) in [6.45, 7) is 0. The van der Waals surface area contributed by atoms with E-state index in [1.807, 2.05) is 0 Å². The molecule has 0 aliphatic carbocycles. The Balaban J connectivity index is 1.98. The fourth-order valence-electron chi connectivity index (χ4n) is 2.21. The maximum Gasteiger partial charge on any atom is 0.573 e. The molecule has 0 bridgehead atoms. The van der Waals surface area contributed by atoms with Gasteiger partial charge >= 0.3 is 12.5 Å². The molecule has 0 saturated carbocycles. The van der Waals surface area contributed by atoms with Crippen LogP contribution in [0.2, 0.25) is 0 Å². The first-order valence-electron chi connectivity index (χ1n) is 6.55. The van der Waals surface area contributed by atoms with Gasteiger partial charge in [0.15, 0.2) is 0 Å². The number of hydrogen-bond acceptors (Lipinski definition) is 2. The predicted molar refractivity (Wildman–Crippen MR) is 72.3 cm³/mol. The molecule has 0 radical (unpaired) electrons. The van der Waals surface area contributed by atoms with Gasteiger partial charge in [-0.1, -0.05) is 6.07 Å². The number of aromatic nitrogens is 2. The lowest BCUT2D eigenvalue weighted by atomic mass is 10.2. The van der Waals surface area contributed by atoms with E-state index in [0.717, 1.165) is 22.6 Å². The van der Waals surface area contributed by atoms with Crippen molar-refractivity contribution in [3.8, 4) is 17.0 Å². The van der Waals surface area contributed by atoms with Crippen molar-refractivity contribution < 1.29 is 31.1 Å². The molecule has 0 fully saturated rings. The number of nitrogens with zero attached hydrogens (tertiary/aromatic N) is 2. The summed E-state index contributed by atoms with van der Waals surface area (Å²) in [4.78, 5) is 4.06. The smallest absolute Gasteiger partial charge is 0.406 e. The highest BCUT2D eigenvalue weighted by Gasteiger charge is 2.33. The SMILES string of the molecule is FC(F)(F)Oc1ccc(-c2cn3c(C(F)(F)F)cccc3n2)cc1. The summed E-state index contributed by atoms with van der Waals surface area (Å²) < 4.78 is 79.9. The standard InChI is InChI=1S/C15H8F6N2O/c16-14(17,18)12-2-1-3-13-22-11(8-23(12)13)9-4-6-10(7-5-9)24-15(19,20)21/h1-8H. The molecule has 0 unspecified atom stereocenters. The average Bonchev–Trinajstić information content (AvgIpc) is 2.88. The topological polar surface area (TPSA) is 26.5 Å². The molecule has 9 heteroatoms. The monoisotopic (exact) mass is 346 g/mol. The van der Waals surface area contributed by atoms with Gasteiger partial charge in [0.1, 0.15) is 17.1 Å². The molecule has 3 aromatic rings. The van der Waals surface area contributed by atoms with E-state index >= 15 is 0 Å². The normalized spacial score (nSPS) is 12.6. The van der Waals surface area contributed by atoms with Crippen LogP contribution in [0.15, 0.2) is 48.7 Å². The van der Waals surface area contributed by atoms with Gasteiger partial charge in [-0.25, -0.2) is 4.98 Å². The van der Waals surface area contributed by atoms with E-state index in [1.54, 1.807) is 0 Å². The maximum atomic E-state index is 13.0. The third-order valence-corrected chi connectivity index (χ3v) is 3.17. The molecule has 0 spiro atoms. The van der Waals surface area contributed by atoms with Crippen molar-refractivity contribution in [3.05, 3.63) is 54.4 Å². The number of ether oxygens (including phenoxy) is 1. The first kappa shape index (κ1) is 16.2. The van der Waals surface area contributed by atoms with Crippen molar-refractivity contribution in [2.75, 3.05) is 0 Å². The van der Waals surface area contributed by atoms with Crippen molar-refractivity contribution in [1.29, 1.82) is 0 Å². The van der Waals surface area contributed by atoms with Crippen LogP contribution in [0.4, 0.5) is 26.3 Å². The van der Waals surface area contributed by atoms with Crippen LogP contribution in [0.25, 0.3) is 16.9 Å². The fraction of sp³-hybridized carbons (Fsp3) is 0.133. The Bertz CT molecular complexity index is 864. The van der Waals surface area contributed by atoms with Crippen LogP contribution >= 0.6 is 0 Å². The lowest BCUT2D eigenvalue weighted by Crippen LogP contribution is -2.16. The van der Waals surface area contributed by atoms with Crippen molar-refractivity contribution in [3.63, 3.8) is 0 Å². The van der Waals surface area contributed by atoms with Crippen LogP contribution in [0.5, 0.6) is 5.75 Å². The quantitative estimate of drug-likeness (QED) is 0.616. The molecule has 0 aliphatic heterocycles. The number of benzene rings is 1. The second kappa shape index (κ2) is 5.43. The van der Waals surface area contributed by atoms with Crippen LogP contribution in [-0.2, 0) is 6.18 Å². The van der Waals surface area contributed by atoms with E-state index in [9.17, 15) is 26.3 Å². The molecule has 2 aromatic heterocycles. The highest BCUT2D eigenvalue weighted by molar-refractivity contribution is 5.63. The Kier molecular flexibility index (Phi) is 3.66. The Morgan fingerprint density at radius 2 is 1.54 bits per heavy atom. The van der Waals surface area contributed by atoms with Gasteiger partial charge < -0.3 is 4.74 Å². The van der Waals surface area contributed by atoms with Crippen LogP contribution < -0.4 is 4.74 Å². The number of rotatable bonds is 2. The van der Waals surface area contributed by atoms with E-state index in [1.165, 1.54) is 30.5 Å². The Morgan fingerprint density at radius 1 is 0.875 bits per heavy atom. The van der Waals surface area contributed by atoms with Crippen LogP contribution in [0.1, 0.15) is 5.69 Å². The van der Waals surface area contributed by atoms with Gasteiger partial charge in [-0.3, -0.25) is 4.40 Å². The molecule has 0 atom stereocenters. The summed E-state index contributed by atoms with van der Waals surface area (Å²) >= 11 is 0. The zero-order valence-corrected chi connectivity index (χ0v) is 11.7. The molecular formula is C15H8F6N2O. The molecule has 3 rings (SSSR count). The van der Waals surface area contributed by atoms with Crippen LogP contribution in [-0.4, -0.2) is 15.7 Å². The van der Waals surface area contributed by atoms with E-state index in [4.69, 9.17) is 0 Å². The Hall–Kier alpha value is -2.71. The predicted octanol–water partition coefficient (Wildman–Crippen LogP) is 4.92. The number of halogens is 6. The van der Waals surface area contributed by atoms with Crippen molar-refractivity contribution in [2.45, 2.75) is 12.5 Å². The zero-order valence-electron chi connectivity index (χ0n) is 11.7. The lowest BCUT2D eigenvalue weighted by molar-refractivity contribution is -0.274. The van der Waals surface area contributed by atoms with Crippen molar-refractivity contribution in [2.24, 2.45) is 0 Å². The maximum absolute atomic E-state index is 13.0. The van der Waals surface area contributed by atoms with Gasteiger partial charge in [-0.05, 0) is 36.4 Å². The minimum absolute atomic E-state index is 0.0791. The highest BCUT2D eigenvalue weighted by atomic mass is 19.4. The molecule has 0 amide bonds. The summed E-state index contributed by atoms with van der Waals surface area (Å²) in [6, 6.07) is 8.26. The molecular weight excluding hydrogens is 338 g/mol. The van der Waals surface area contributed by atoms with Gasteiger partial charge in [0.25, 0.3) is 0 Å². The molecule has 3 nitrogen and oxygen atoms in total. The molecule has 0 N–H and O–H groups in total. The largest absolute Gasteiger partial charge is 0.573 e. The van der Waals surface area contributed by atoms with E-state index in [-0.39, 0.29) is 11.3 Å². The van der Waals surface area contributed by atoms with Crippen LogP contribution in [0, 0.1) is 0 Å². The zero-order chi connectivity index (χ0) is 17.5. The van der Waals surface area contributed by atoms with E-state index < -0.39 is 24.0 Å². The first-order valence-corrected chi connectivity index (χ1v) is 6.55. The molecule has 126 valence electrons. The number of hydrogen-bond donors (Lipinski definition) is 0. The summed E-state index contributed by atoms with van der Waals surface area (Å²) in [6.07, 6.45) is -8.19. The number of fused-ring (bicyclic) bond motifs is 1. The molecule has 0 aliphatic rings. The second-order valence-corrected chi connectivity index (χ2v) is 4.84. The minimum atomic E-state index is -4.81. The lowest BCUT2D eigenvalue weighted by Gasteiger charge is -2.08.